The van der Waals surface area contributed by atoms with Gasteiger partial charge >= 0.3 is 12.1 Å². The number of nitrogens with zero attached hydrogens (tertiary/aromatic N) is 1. The zero-order chi connectivity index (χ0) is 23.3. The molecule has 0 spiro atoms. The van der Waals surface area contributed by atoms with Crippen LogP contribution in [0.4, 0.5) is 4.79 Å². The van der Waals surface area contributed by atoms with Crippen molar-refractivity contribution in [3.63, 3.8) is 0 Å². The molecule has 2 aromatic carbocycles. The average molecular weight is 457 g/mol. The number of carboxylic acids is 1. The lowest BCUT2D eigenvalue weighted by molar-refractivity contribution is -0.149. The number of rotatable bonds is 9. The molecule has 170 valence electrons. The maximum atomic E-state index is 12.8. The van der Waals surface area contributed by atoms with Gasteiger partial charge in [-0.2, -0.15) is 11.8 Å². The number of hydrogen-bond acceptors (Lipinski definition) is 5. The van der Waals surface area contributed by atoms with E-state index in [1.165, 1.54) is 14.0 Å². The van der Waals surface area contributed by atoms with Crippen LogP contribution in [0.25, 0.3) is 11.1 Å². The number of aliphatic carboxylic acids is 1. The van der Waals surface area contributed by atoms with Gasteiger partial charge in [0, 0.05) is 13.0 Å². The molecule has 32 heavy (non-hydrogen) atoms. The lowest BCUT2D eigenvalue weighted by Gasteiger charge is -2.27. The Labute approximate surface area is 192 Å². The van der Waals surface area contributed by atoms with Crippen LogP contribution >= 0.6 is 11.8 Å². The van der Waals surface area contributed by atoms with E-state index in [0.29, 0.717) is 12.2 Å². The predicted molar refractivity (Wildman–Crippen MR) is 125 cm³/mol. The number of alkyl carbamates (subject to hydrolysis) is 1. The van der Waals surface area contributed by atoms with E-state index in [9.17, 15) is 19.5 Å². The van der Waals surface area contributed by atoms with Crippen molar-refractivity contribution in [2.75, 3.05) is 25.7 Å². The number of amides is 2. The highest BCUT2D eigenvalue weighted by Crippen LogP contribution is 2.44. The molecule has 1 unspecified atom stereocenters. The van der Waals surface area contributed by atoms with E-state index in [-0.39, 0.29) is 12.5 Å². The van der Waals surface area contributed by atoms with Crippen LogP contribution in [0.2, 0.25) is 0 Å². The largest absolute Gasteiger partial charge is 0.480 e. The van der Waals surface area contributed by atoms with E-state index in [0.717, 1.165) is 27.2 Å². The van der Waals surface area contributed by atoms with Crippen molar-refractivity contribution in [1.82, 2.24) is 10.2 Å². The maximum Gasteiger partial charge on any atom is 0.407 e. The summed E-state index contributed by atoms with van der Waals surface area (Å²) < 4.78 is 5.54. The van der Waals surface area contributed by atoms with Gasteiger partial charge in [0.1, 0.15) is 18.7 Å². The Hall–Kier alpha value is -3.00. The fourth-order valence-corrected chi connectivity index (χ4v) is 4.35. The quantitative estimate of drug-likeness (QED) is 0.599. The molecule has 2 N–H and O–H groups in total. The van der Waals surface area contributed by atoms with Crippen LogP contribution in [-0.2, 0) is 14.3 Å². The van der Waals surface area contributed by atoms with E-state index < -0.39 is 30.1 Å². The standard InChI is InChI=1S/C24H28N2O5S/c1-15(23(28)29)26(2)22(27)21(12-13-32-3)25-24(30)31-14-20-18-10-6-4-8-16(18)17-9-5-7-11-19(17)20/h4-11,15,20-21H,12-14H2,1-3H3,(H,25,30)(H,28,29)/t15?,21-/m1/s1. The van der Waals surface area contributed by atoms with Crippen LogP contribution in [0.5, 0.6) is 0 Å². The fourth-order valence-electron chi connectivity index (χ4n) is 3.88. The van der Waals surface area contributed by atoms with E-state index in [1.54, 1.807) is 11.8 Å². The second-order valence-corrected chi connectivity index (χ2v) is 8.75. The van der Waals surface area contributed by atoms with Crippen molar-refractivity contribution >= 4 is 29.7 Å². The van der Waals surface area contributed by atoms with Crippen LogP contribution in [0.15, 0.2) is 48.5 Å². The van der Waals surface area contributed by atoms with E-state index >= 15 is 0 Å². The minimum atomic E-state index is -1.11. The molecule has 2 amide bonds. The molecule has 1 aliphatic rings. The smallest absolute Gasteiger partial charge is 0.407 e. The second-order valence-electron chi connectivity index (χ2n) is 7.77. The zero-order valence-electron chi connectivity index (χ0n) is 18.4. The van der Waals surface area contributed by atoms with Crippen LogP contribution in [-0.4, -0.2) is 65.7 Å². The summed E-state index contributed by atoms with van der Waals surface area (Å²) in [4.78, 5) is 37.8. The first-order valence-corrected chi connectivity index (χ1v) is 11.8. The SMILES string of the molecule is CSCC[C@@H](NC(=O)OCC1c2ccccc2-c2ccccc21)C(=O)N(C)C(C)C(=O)O. The Morgan fingerprint density at radius 3 is 2.19 bits per heavy atom. The second kappa shape index (κ2) is 10.5. The fraction of sp³-hybridized carbons (Fsp3) is 0.375. The molecular weight excluding hydrogens is 428 g/mol. The van der Waals surface area contributed by atoms with Gasteiger partial charge in [0.2, 0.25) is 5.91 Å². The number of ether oxygens (including phenoxy) is 1. The lowest BCUT2D eigenvalue weighted by Crippen LogP contribution is -2.51. The van der Waals surface area contributed by atoms with Gasteiger partial charge in [0.25, 0.3) is 0 Å². The third-order valence-electron chi connectivity index (χ3n) is 5.83. The summed E-state index contributed by atoms with van der Waals surface area (Å²) in [6.07, 6.45) is 1.59. The first-order chi connectivity index (χ1) is 15.3. The monoisotopic (exact) mass is 456 g/mol. The topological polar surface area (TPSA) is 95.9 Å². The van der Waals surface area contributed by atoms with Crippen LogP contribution in [0, 0.1) is 0 Å². The maximum absolute atomic E-state index is 12.8. The molecule has 0 heterocycles. The Kier molecular flexibility index (Phi) is 7.80. The summed E-state index contributed by atoms with van der Waals surface area (Å²) >= 11 is 1.54. The Morgan fingerprint density at radius 2 is 1.66 bits per heavy atom. The Balaban J connectivity index is 1.68. The summed E-state index contributed by atoms with van der Waals surface area (Å²) in [5.74, 6) is -1.01. The lowest BCUT2D eigenvalue weighted by atomic mass is 9.98. The molecular formula is C24H28N2O5S. The molecule has 3 rings (SSSR count). The van der Waals surface area contributed by atoms with Crippen molar-refractivity contribution in [3.8, 4) is 11.1 Å². The number of benzene rings is 2. The van der Waals surface area contributed by atoms with Gasteiger partial charge in [-0.25, -0.2) is 9.59 Å². The van der Waals surface area contributed by atoms with Crippen molar-refractivity contribution in [2.45, 2.75) is 31.3 Å². The number of carbonyl (C=O) groups excluding carboxylic acids is 2. The molecule has 0 fully saturated rings. The molecule has 2 atom stereocenters. The van der Waals surface area contributed by atoms with Crippen molar-refractivity contribution in [3.05, 3.63) is 59.7 Å². The highest BCUT2D eigenvalue weighted by Gasteiger charge is 2.31. The third-order valence-corrected chi connectivity index (χ3v) is 6.47. The number of fused-ring (bicyclic) bond motifs is 3. The molecule has 7 nitrogen and oxygen atoms in total. The van der Waals surface area contributed by atoms with Gasteiger partial charge in [0.05, 0.1) is 0 Å². The molecule has 8 heteroatoms. The van der Waals surface area contributed by atoms with Crippen LogP contribution in [0.3, 0.4) is 0 Å². The highest BCUT2D eigenvalue weighted by molar-refractivity contribution is 7.98. The normalized spacial score (nSPS) is 14.1. The third kappa shape index (κ3) is 5.07. The number of nitrogens with one attached hydrogen (secondary N) is 1. The van der Waals surface area contributed by atoms with Crippen molar-refractivity contribution < 1.29 is 24.2 Å². The summed E-state index contributed by atoms with van der Waals surface area (Å²) in [6.45, 7) is 1.57. The van der Waals surface area contributed by atoms with E-state index in [1.807, 2.05) is 42.7 Å². The highest BCUT2D eigenvalue weighted by atomic mass is 32.2. The molecule has 0 aliphatic heterocycles. The van der Waals surface area contributed by atoms with Gasteiger partial charge < -0.3 is 20.1 Å². The summed E-state index contributed by atoms with van der Waals surface area (Å²) in [7, 11) is 1.42. The number of thioether (sulfide) groups is 1. The minimum Gasteiger partial charge on any atom is -0.480 e. The number of hydrogen-bond donors (Lipinski definition) is 2. The molecule has 0 aromatic heterocycles. The zero-order valence-corrected chi connectivity index (χ0v) is 19.2. The number of carbonyl (C=O) groups is 3. The predicted octanol–water partition coefficient (Wildman–Crippen LogP) is 3.58. The first kappa shape index (κ1) is 23.7. The molecule has 2 aromatic rings. The average Bonchev–Trinajstić information content (AvgIpc) is 3.12. The van der Waals surface area contributed by atoms with Gasteiger partial charge in [-0.3, -0.25) is 4.79 Å². The summed E-state index contributed by atoms with van der Waals surface area (Å²) in [5.41, 5.74) is 4.47. The number of likely N-dealkylation sites (N-methyl/N-ethyl adjacent to an activating group) is 1. The van der Waals surface area contributed by atoms with Gasteiger partial charge in [-0.15, -0.1) is 0 Å². The first-order valence-electron chi connectivity index (χ1n) is 10.4. The molecule has 0 radical (unpaired) electrons. The summed E-state index contributed by atoms with van der Waals surface area (Å²) in [5, 5.41) is 11.8. The minimum absolute atomic E-state index is 0.0804. The van der Waals surface area contributed by atoms with Gasteiger partial charge in [0.15, 0.2) is 0 Å². The number of carboxylic acid groups (broad SMARTS) is 1. The van der Waals surface area contributed by atoms with Crippen molar-refractivity contribution in [2.24, 2.45) is 0 Å². The summed E-state index contributed by atoms with van der Waals surface area (Å²) in [6, 6.07) is 14.2. The van der Waals surface area contributed by atoms with E-state index in [2.05, 4.69) is 17.4 Å². The van der Waals surface area contributed by atoms with Crippen molar-refractivity contribution in [1.29, 1.82) is 0 Å². The van der Waals surface area contributed by atoms with Crippen LogP contribution < -0.4 is 5.32 Å². The molecule has 0 bridgehead atoms. The molecule has 0 saturated carbocycles. The molecule has 0 saturated heterocycles. The van der Waals surface area contributed by atoms with E-state index in [4.69, 9.17) is 4.74 Å². The van der Waals surface area contributed by atoms with Gasteiger partial charge in [-0.05, 0) is 47.6 Å². The Morgan fingerprint density at radius 1 is 1.09 bits per heavy atom. The molecule has 1 aliphatic carbocycles. The van der Waals surface area contributed by atoms with Crippen LogP contribution in [0.1, 0.15) is 30.4 Å². The Bertz CT molecular complexity index is 950. The van der Waals surface area contributed by atoms with Gasteiger partial charge in [-0.1, -0.05) is 48.5 Å².